The third-order valence-corrected chi connectivity index (χ3v) is 11.9. The Morgan fingerprint density at radius 1 is 0.633 bits per heavy atom. The summed E-state index contributed by atoms with van der Waals surface area (Å²) < 4.78 is 106. The summed E-state index contributed by atoms with van der Waals surface area (Å²) in [5, 5.41) is 40.3. The van der Waals surface area contributed by atoms with E-state index in [1.54, 1.807) is 94.6 Å². The number of hydrogen-bond donors (Lipinski definition) is 5. The second kappa shape index (κ2) is 16.8. The van der Waals surface area contributed by atoms with Crippen LogP contribution in [0.2, 0.25) is 0 Å². The van der Waals surface area contributed by atoms with E-state index in [2.05, 4.69) is 36.0 Å². The molecule has 0 amide bonds. The van der Waals surface area contributed by atoms with Gasteiger partial charge in [-0.15, -0.1) is 10.2 Å². The van der Waals surface area contributed by atoms with Crippen LogP contribution >= 0.6 is 0 Å². The van der Waals surface area contributed by atoms with Crippen molar-refractivity contribution in [2.45, 2.75) is 48.4 Å². The van der Waals surface area contributed by atoms with E-state index in [1.165, 1.54) is 6.07 Å². The van der Waals surface area contributed by atoms with Gasteiger partial charge in [-0.25, -0.2) is 0 Å². The first-order valence-corrected chi connectivity index (χ1v) is 22.0. The molecule has 0 heterocycles. The highest BCUT2D eigenvalue weighted by Crippen LogP contribution is 2.43. The highest BCUT2D eigenvalue weighted by atomic mass is 32.2. The fraction of sp³-hybridized carbons (Fsp3) is 0.179. The molecule has 0 saturated heterocycles. The number of ether oxygens (including phenoxy) is 1. The van der Waals surface area contributed by atoms with Crippen LogP contribution in [0, 0.1) is 19.8 Å². The van der Waals surface area contributed by atoms with Gasteiger partial charge in [0.05, 0.1) is 35.1 Å². The predicted molar refractivity (Wildman–Crippen MR) is 222 cm³/mol. The first-order valence-electron chi connectivity index (χ1n) is 17.7. The van der Waals surface area contributed by atoms with Crippen LogP contribution in [0.25, 0.3) is 10.8 Å². The normalized spacial score (nSPS) is 16.5. The molecule has 5 N–H and O–H groups in total. The van der Waals surface area contributed by atoms with Gasteiger partial charge in [0.25, 0.3) is 30.4 Å². The second-order valence-corrected chi connectivity index (χ2v) is 17.9. The summed E-state index contributed by atoms with van der Waals surface area (Å²) in [6.07, 6.45) is 3.56. The van der Waals surface area contributed by atoms with Crippen LogP contribution in [0.3, 0.4) is 0 Å². The number of phenolic OH excluding ortho intramolecular Hbond substituents is 1. The number of aromatic hydroxyl groups is 1. The van der Waals surface area contributed by atoms with E-state index in [0.717, 1.165) is 17.8 Å². The molecule has 18 nitrogen and oxygen atoms in total. The van der Waals surface area contributed by atoms with Gasteiger partial charge in [0.2, 0.25) is 0 Å². The van der Waals surface area contributed by atoms with Gasteiger partial charge >= 0.3 is 0 Å². The zero-order chi connectivity index (χ0) is 43.7. The monoisotopic (exact) mass is 875 g/mol. The summed E-state index contributed by atoms with van der Waals surface area (Å²) in [6, 6.07) is 18.6. The molecule has 0 saturated carbocycles. The van der Waals surface area contributed by atoms with Crippen molar-refractivity contribution in [3.05, 3.63) is 113 Å². The van der Waals surface area contributed by atoms with Crippen molar-refractivity contribution in [1.29, 1.82) is 0 Å². The highest BCUT2D eigenvalue weighted by molar-refractivity contribution is 7.87. The van der Waals surface area contributed by atoms with Crippen LogP contribution in [-0.4, -0.2) is 57.2 Å². The number of hydrogen-bond acceptors (Lipinski definition) is 15. The maximum atomic E-state index is 12.5. The van der Waals surface area contributed by atoms with Gasteiger partial charge in [-0.1, -0.05) is 19.1 Å². The van der Waals surface area contributed by atoms with Crippen LogP contribution in [-0.2, 0) is 30.4 Å². The van der Waals surface area contributed by atoms with Crippen molar-refractivity contribution in [3.8, 4) is 11.5 Å². The van der Waals surface area contributed by atoms with E-state index in [-0.39, 0.29) is 17.0 Å². The van der Waals surface area contributed by atoms with Crippen molar-refractivity contribution in [2.24, 2.45) is 36.6 Å². The van der Waals surface area contributed by atoms with E-state index in [9.17, 15) is 44.0 Å². The van der Waals surface area contributed by atoms with Crippen LogP contribution in [0.4, 0.5) is 34.1 Å². The quantitative estimate of drug-likeness (QED) is 0.0578. The predicted octanol–water partition coefficient (Wildman–Crippen LogP) is 9.79. The number of azo groups is 3. The largest absolute Gasteiger partial charge is 0.505 e. The molecule has 0 aliphatic heterocycles. The number of fused-ring (bicyclic) bond motifs is 1. The number of aryl methyl sites for hydroxylation is 2. The summed E-state index contributed by atoms with van der Waals surface area (Å²) in [5.41, 5.74) is 3.51. The molecule has 2 unspecified atom stereocenters. The fourth-order valence-corrected chi connectivity index (χ4v) is 7.96. The molecular formula is C39H37N7O11S3. The molecule has 312 valence electrons. The van der Waals surface area contributed by atoms with Crippen LogP contribution in [0.5, 0.6) is 11.5 Å². The van der Waals surface area contributed by atoms with E-state index < -0.39 is 62.5 Å². The van der Waals surface area contributed by atoms with Gasteiger partial charge in [-0.3, -0.25) is 13.7 Å². The lowest BCUT2D eigenvalue weighted by Crippen LogP contribution is -2.15. The topological polar surface area (TPSA) is 279 Å². The van der Waals surface area contributed by atoms with E-state index in [1.807, 2.05) is 6.92 Å². The van der Waals surface area contributed by atoms with Crippen molar-refractivity contribution in [2.75, 3.05) is 12.4 Å². The van der Waals surface area contributed by atoms with Crippen molar-refractivity contribution < 1.29 is 48.8 Å². The molecule has 5 aromatic carbocycles. The Morgan fingerprint density at radius 2 is 1.25 bits per heavy atom. The summed E-state index contributed by atoms with van der Waals surface area (Å²) in [7, 11) is -13.0. The molecule has 1 aliphatic carbocycles. The van der Waals surface area contributed by atoms with Gasteiger partial charge in [0.15, 0.2) is 5.75 Å². The molecular weight excluding hydrogens is 839 g/mol. The summed E-state index contributed by atoms with van der Waals surface area (Å²) in [6.45, 7) is 7.05. The van der Waals surface area contributed by atoms with Crippen LogP contribution in [0.1, 0.15) is 25.0 Å². The number of phenols is 1. The van der Waals surface area contributed by atoms with Crippen molar-refractivity contribution in [1.82, 2.24) is 0 Å². The zero-order valence-electron chi connectivity index (χ0n) is 32.4. The number of benzene rings is 5. The number of nitrogens with zero attached hydrogens (tertiary/aromatic N) is 6. The maximum Gasteiger partial charge on any atom is 0.296 e. The minimum absolute atomic E-state index is 0.270. The van der Waals surface area contributed by atoms with Gasteiger partial charge in [-0.05, 0) is 122 Å². The summed E-state index contributed by atoms with van der Waals surface area (Å²) in [5.74, 6) is -0.0904. The van der Waals surface area contributed by atoms with E-state index >= 15 is 0 Å². The Labute approximate surface area is 345 Å². The van der Waals surface area contributed by atoms with Gasteiger partial charge in [0, 0.05) is 22.7 Å². The van der Waals surface area contributed by atoms with Gasteiger partial charge < -0.3 is 15.2 Å². The summed E-state index contributed by atoms with van der Waals surface area (Å²) in [4.78, 5) is -2.26. The average molecular weight is 876 g/mol. The maximum absolute atomic E-state index is 12.5. The lowest BCUT2D eigenvalue weighted by atomic mass is 9.92. The Morgan fingerprint density at radius 3 is 1.87 bits per heavy atom. The molecule has 0 spiro atoms. The minimum atomic E-state index is -4.94. The Balaban J connectivity index is 1.21. The van der Waals surface area contributed by atoms with E-state index in [0.29, 0.717) is 56.7 Å². The third kappa shape index (κ3) is 9.79. The third-order valence-electron chi connectivity index (χ3n) is 9.34. The highest BCUT2D eigenvalue weighted by Gasteiger charge is 2.25. The molecule has 5 aromatic rings. The Kier molecular flexibility index (Phi) is 12.1. The van der Waals surface area contributed by atoms with Crippen LogP contribution in [0.15, 0.2) is 148 Å². The number of allylic oxidation sites excluding steroid dienone is 1. The molecule has 2 atom stereocenters. The fourth-order valence-electron chi connectivity index (χ4n) is 6.07. The lowest BCUT2D eigenvalue weighted by molar-refractivity contribution is 0.415. The SMILES string of the molecule is COc1ccc(Nc2ccc3c(O)c(N=NC4=CC(C)C(N=Nc5cc(C)c(N=Nc6ccc(S(=O)(=O)O)cc6S(=O)(=O)O)cc5C)C=C4C)c(S(=O)(=O)O)cc3c2)cc1. The smallest absolute Gasteiger partial charge is 0.296 e. The standard InChI is InChI=1S/C39H37N7O11S3/c1-21-15-33(22(2)14-32(21)42-41-31-13-11-29(58(48,49)50)20-36(31)59(51,52)53)43-44-34-16-24(4)35(17-23(34)3)45-46-38-37(60(54,55)56)19-25-18-27(8-12-30(25)39(38)47)40-26-6-9-28(57-5)10-7-26/h6-20,23,34,40,47H,1-5H3,(H,48,49,50)(H,51,52,53)(H,54,55,56). The Bertz CT molecular complexity index is 3040. The number of anilines is 2. The number of nitrogens with one attached hydrogen (secondary N) is 1. The first kappa shape index (κ1) is 43.4. The molecule has 60 heavy (non-hydrogen) atoms. The second-order valence-electron chi connectivity index (χ2n) is 13.7. The lowest BCUT2D eigenvalue weighted by Gasteiger charge is -2.20. The average Bonchev–Trinajstić information content (AvgIpc) is 3.17. The van der Waals surface area contributed by atoms with Crippen molar-refractivity contribution >= 4 is 75.3 Å². The minimum Gasteiger partial charge on any atom is -0.505 e. The summed E-state index contributed by atoms with van der Waals surface area (Å²) >= 11 is 0. The molecule has 6 rings (SSSR count). The molecule has 0 fully saturated rings. The molecule has 0 radical (unpaired) electrons. The van der Waals surface area contributed by atoms with E-state index in [4.69, 9.17) is 4.74 Å². The van der Waals surface area contributed by atoms with Crippen molar-refractivity contribution in [3.63, 3.8) is 0 Å². The molecule has 0 aromatic heterocycles. The number of methoxy groups -OCH3 is 1. The first-order chi connectivity index (χ1) is 28.1. The van der Waals surface area contributed by atoms with Gasteiger partial charge in [-0.2, -0.15) is 45.7 Å². The number of rotatable bonds is 12. The molecule has 21 heteroatoms. The Hall–Kier alpha value is -6.23. The van der Waals surface area contributed by atoms with Gasteiger partial charge in [0.1, 0.15) is 26.9 Å². The molecule has 1 aliphatic rings. The zero-order valence-corrected chi connectivity index (χ0v) is 34.8. The van der Waals surface area contributed by atoms with Crippen LogP contribution < -0.4 is 10.1 Å². The molecule has 0 bridgehead atoms.